The molecule has 1 heterocycles. The Bertz CT molecular complexity index is 337. The maximum absolute atomic E-state index is 9.81. The number of hydrogen-bond donors (Lipinski definition) is 2. The van der Waals surface area contributed by atoms with E-state index in [0.717, 1.165) is 9.50 Å². The van der Waals surface area contributed by atoms with Gasteiger partial charge in [0.15, 0.2) is 0 Å². The first-order valence-corrected chi connectivity index (χ1v) is 7.32. The molecule has 2 N–H and O–H groups in total. The van der Waals surface area contributed by atoms with Crippen LogP contribution >= 0.6 is 27.7 Å². The number of hydrogen-bond acceptors (Lipinski definition) is 4. The number of nitrogens with one attached hydrogen (secondary N) is 1. The molecule has 0 saturated carbocycles. The molecule has 0 amide bonds. The molecule has 1 rings (SSSR count). The van der Waals surface area contributed by atoms with Gasteiger partial charge < -0.3 is 10.4 Å². The molecule has 0 radical (unpaired) electrons. The lowest BCUT2D eigenvalue weighted by atomic mass is 10.1. The van der Waals surface area contributed by atoms with E-state index in [-0.39, 0.29) is 11.6 Å². The Balaban J connectivity index is 2.28. The van der Waals surface area contributed by atoms with E-state index in [0.29, 0.717) is 12.3 Å². The molecule has 0 bridgehead atoms. The van der Waals surface area contributed by atoms with Crippen molar-refractivity contribution in [3.63, 3.8) is 0 Å². The van der Waals surface area contributed by atoms with Crippen molar-refractivity contribution in [2.75, 3.05) is 12.3 Å². The second-order valence-electron chi connectivity index (χ2n) is 4.91. The third-order valence-electron chi connectivity index (χ3n) is 1.99. The maximum Gasteiger partial charge on any atom is 0.0961 e. The molecule has 1 atom stereocenters. The van der Waals surface area contributed by atoms with Crippen LogP contribution in [0, 0.1) is 0 Å². The van der Waals surface area contributed by atoms with Crippen LogP contribution in [-0.2, 0) is 0 Å². The van der Waals surface area contributed by atoms with E-state index in [4.69, 9.17) is 0 Å². The fourth-order valence-corrected chi connectivity index (χ4v) is 2.12. The topological polar surface area (TPSA) is 45.1 Å². The average Bonchev–Trinajstić information content (AvgIpc) is 2.25. The molecule has 0 spiro atoms. The number of aliphatic hydroxyl groups excluding tert-OH is 1. The Morgan fingerprint density at radius 2 is 2.18 bits per heavy atom. The predicted molar refractivity (Wildman–Crippen MR) is 76.4 cm³/mol. The Kier molecular flexibility index (Phi) is 5.92. The summed E-state index contributed by atoms with van der Waals surface area (Å²) in [5, 5.41) is 14.0. The van der Waals surface area contributed by atoms with Gasteiger partial charge in [0.2, 0.25) is 0 Å². The van der Waals surface area contributed by atoms with E-state index in [1.165, 1.54) is 0 Å². The fourth-order valence-electron chi connectivity index (χ4n) is 1.11. The van der Waals surface area contributed by atoms with Gasteiger partial charge in [-0.25, -0.2) is 4.98 Å². The van der Waals surface area contributed by atoms with Crippen molar-refractivity contribution in [2.45, 2.75) is 37.4 Å². The first-order chi connectivity index (χ1) is 7.87. The molecule has 1 aromatic heterocycles. The Morgan fingerprint density at radius 3 is 2.71 bits per heavy atom. The number of rotatable bonds is 5. The van der Waals surface area contributed by atoms with Crippen LogP contribution in [0.5, 0.6) is 0 Å². The Morgan fingerprint density at radius 1 is 1.47 bits per heavy atom. The van der Waals surface area contributed by atoms with Gasteiger partial charge in [-0.3, -0.25) is 0 Å². The number of aliphatic hydroxyl groups is 1. The van der Waals surface area contributed by atoms with Crippen LogP contribution in [0.25, 0.3) is 0 Å². The largest absolute Gasteiger partial charge is 0.391 e. The predicted octanol–water partition coefficient (Wildman–Crippen LogP) is 2.69. The zero-order chi connectivity index (χ0) is 12.9. The molecular formula is C12H19BrN2OS. The lowest BCUT2D eigenvalue weighted by Crippen LogP contribution is -2.41. The van der Waals surface area contributed by atoms with Gasteiger partial charge in [0.25, 0.3) is 0 Å². The molecule has 1 unspecified atom stereocenters. The SMILES string of the molecule is CC(C)(C)NCC(O)CSc1ccc(Br)cn1. The molecule has 5 heteroatoms. The minimum atomic E-state index is -0.357. The third-order valence-corrected chi connectivity index (χ3v) is 3.55. The van der Waals surface area contributed by atoms with Crippen LogP contribution in [0.1, 0.15) is 20.8 Å². The van der Waals surface area contributed by atoms with E-state index in [1.807, 2.05) is 12.1 Å². The van der Waals surface area contributed by atoms with Gasteiger partial charge in [-0.1, -0.05) is 0 Å². The van der Waals surface area contributed by atoms with Crippen molar-refractivity contribution < 1.29 is 5.11 Å². The van der Waals surface area contributed by atoms with E-state index in [2.05, 4.69) is 47.0 Å². The van der Waals surface area contributed by atoms with Crippen molar-refractivity contribution >= 4 is 27.7 Å². The molecular weight excluding hydrogens is 300 g/mol. The smallest absolute Gasteiger partial charge is 0.0961 e. The number of nitrogens with zero attached hydrogens (tertiary/aromatic N) is 1. The summed E-state index contributed by atoms with van der Waals surface area (Å²) in [6.07, 6.45) is 1.41. The van der Waals surface area contributed by atoms with Crippen molar-refractivity contribution in [1.29, 1.82) is 0 Å². The zero-order valence-electron chi connectivity index (χ0n) is 10.4. The highest BCUT2D eigenvalue weighted by molar-refractivity contribution is 9.10. The molecule has 0 aliphatic rings. The summed E-state index contributed by atoms with van der Waals surface area (Å²) in [5.41, 5.74) is 0.0432. The van der Waals surface area contributed by atoms with Crippen molar-refractivity contribution in [3.05, 3.63) is 22.8 Å². The summed E-state index contributed by atoms with van der Waals surface area (Å²) in [6.45, 7) is 6.86. The third kappa shape index (κ3) is 7.03. The Labute approximate surface area is 116 Å². The molecule has 0 saturated heterocycles. The monoisotopic (exact) mass is 318 g/mol. The summed E-state index contributed by atoms with van der Waals surface area (Å²) in [7, 11) is 0. The Hall–Kier alpha value is -0.100. The van der Waals surface area contributed by atoms with E-state index in [9.17, 15) is 5.11 Å². The van der Waals surface area contributed by atoms with E-state index in [1.54, 1.807) is 18.0 Å². The van der Waals surface area contributed by atoms with Crippen LogP contribution in [0.15, 0.2) is 27.8 Å². The maximum atomic E-state index is 9.81. The molecule has 0 aromatic carbocycles. The van der Waals surface area contributed by atoms with E-state index < -0.39 is 0 Å². The molecule has 1 aromatic rings. The van der Waals surface area contributed by atoms with Gasteiger partial charge in [0.1, 0.15) is 0 Å². The van der Waals surface area contributed by atoms with Crippen LogP contribution in [0.4, 0.5) is 0 Å². The number of pyridine rings is 1. The van der Waals surface area contributed by atoms with Gasteiger partial charge in [-0.15, -0.1) is 11.8 Å². The van der Waals surface area contributed by atoms with Crippen LogP contribution < -0.4 is 5.32 Å². The number of thioether (sulfide) groups is 1. The normalized spacial score (nSPS) is 13.7. The lowest BCUT2D eigenvalue weighted by molar-refractivity contribution is 0.183. The molecule has 17 heavy (non-hydrogen) atoms. The van der Waals surface area contributed by atoms with E-state index >= 15 is 0 Å². The summed E-state index contributed by atoms with van der Waals surface area (Å²) in [5.74, 6) is 0.651. The van der Waals surface area contributed by atoms with Gasteiger partial charge in [-0.2, -0.15) is 0 Å². The van der Waals surface area contributed by atoms with Gasteiger partial charge >= 0.3 is 0 Å². The first kappa shape index (κ1) is 15.0. The summed E-state index contributed by atoms with van der Waals surface area (Å²) >= 11 is 4.91. The highest BCUT2D eigenvalue weighted by atomic mass is 79.9. The second-order valence-corrected chi connectivity index (χ2v) is 6.87. The lowest BCUT2D eigenvalue weighted by Gasteiger charge is -2.22. The average molecular weight is 319 g/mol. The molecule has 0 fully saturated rings. The minimum Gasteiger partial charge on any atom is -0.391 e. The summed E-state index contributed by atoms with van der Waals surface area (Å²) < 4.78 is 0.969. The quantitative estimate of drug-likeness (QED) is 0.819. The second kappa shape index (κ2) is 6.73. The molecule has 96 valence electrons. The molecule has 3 nitrogen and oxygen atoms in total. The minimum absolute atomic E-state index is 0.0432. The van der Waals surface area contributed by atoms with Gasteiger partial charge in [0.05, 0.1) is 11.1 Å². The van der Waals surface area contributed by atoms with Gasteiger partial charge in [0, 0.05) is 28.5 Å². The summed E-state index contributed by atoms with van der Waals surface area (Å²) in [4.78, 5) is 4.24. The first-order valence-electron chi connectivity index (χ1n) is 5.54. The van der Waals surface area contributed by atoms with Crippen molar-refractivity contribution in [2.24, 2.45) is 0 Å². The molecule has 0 aliphatic heterocycles. The van der Waals surface area contributed by atoms with Crippen LogP contribution in [0.2, 0.25) is 0 Å². The molecule has 0 aliphatic carbocycles. The fraction of sp³-hybridized carbons (Fsp3) is 0.583. The highest BCUT2D eigenvalue weighted by Gasteiger charge is 2.12. The standard InChI is InChI=1S/C12H19BrN2OS/c1-12(2,3)15-7-10(16)8-17-11-5-4-9(13)6-14-11/h4-6,10,15-16H,7-8H2,1-3H3. The van der Waals surface area contributed by atoms with Gasteiger partial charge in [-0.05, 0) is 48.8 Å². The van der Waals surface area contributed by atoms with Crippen LogP contribution in [0.3, 0.4) is 0 Å². The van der Waals surface area contributed by atoms with Crippen molar-refractivity contribution in [3.8, 4) is 0 Å². The number of aromatic nitrogens is 1. The highest BCUT2D eigenvalue weighted by Crippen LogP contribution is 2.18. The summed E-state index contributed by atoms with van der Waals surface area (Å²) in [6, 6.07) is 3.90. The van der Waals surface area contributed by atoms with Crippen LogP contribution in [-0.4, -0.2) is 34.0 Å². The number of halogens is 1. The zero-order valence-corrected chi connectivity index (χ0v) is 12.8. The van der Waals surface area contributed by atoms with Crippen molar-refractivity contribution in [1.82, 2.24) is 10.3 Å². The number of β-amino-alcohol motifs (C(OH)–C–C–N with tert-alkyl or cyclic N) is 1.